The standard InChI is InChI=1S/C11H15BrO8/c1-5(14)18-8(4-13)9(19-6(2)15)10(11(12)17)20-7(3)16/h8-10,13H,4H2,1-3H3/t8-,9+,10-/m0/s1. The highest BCUT2D eigenvalue weighted by molar-refractivity contribution is 9.18. The van der Waals surface area contributed by atoms with Crippen LogP contribution in [-0.4, -0.2) is 52.6 Å². The minimum Gasteiger partial charge on any atom is -0.456 e. The Morgan fingerprint density at radius 2 is 1.40 bits per heavy atom. The van der Waals surface area contributed by atoms with Crippen molar-refractivity contribution in [3.05, 3.63) is 0 Å². The minimum absolute atomic E-state index is 0.727. The summed E-state index contributed by atoms with van der Waals surface area (Å²) in [5.74, 6) is -2.37. The maximum Gasteiger partial charge on any atom is 0.303 e. The van der Waals surface area contributed by atoms with E-state index in [0.29, 0.717) is 0 Å². The van der Waals surface area contributed by atoms with Gasteiger partial charge in [-0.3, -0.25) is 19.2 Å². The molecule has 1 N–H and O–H groups in total. The first-order valence-electron chi connectivity index (χ1n) is 5.50. The number of aliphatic hydroxyl groups is 1. The summed E-state index contributed by atoms with van der Waals surface area (Å²) in [5, 5.41) is 9.19. The lowest BCUT2D eigenvalue weighted by Gasteiger charge is -2.29. The summed E-state index contributed by atoms with van der Waals surface area (Å²) < 4.78 is 13.5. The van der Waals surface area contributed by atoms with E-state index in [0.717, 1.165) is 20.8 Å². The Balaban J connectivity index is 5.33. The molecule has 8 nitrogen and oxygen atoms in total. The lowest BCUT2D eigenvalue weighted by atomic mass is 10.1. The number of hydrogen-bond acceptors (Lipinski definition) is 8. The highest BCUT2D eigenvalue weighted by Crippen LogP contribution is 2.16. The zero-order valence-corrected chi connectivity index (χ0v) is 12.7. The van der Waals surface area contributed by atoms with Crippen LogP contribution in [0.4, 0.5) is 0 Å². The Morgan fingerprint density at radius 3 is 1.70 bits per heavy atom. The second kappa shape index (κ2) is 8.64. The van der Waals surface area contributed by atoms with Crippen LogP contribution in [0, 0.1) is 0 Å². The summed E-state index contributed by atoms with van der Waals surface area (Å²) in [6.45, 7) is 2.45. The number of rotatable bonds is 7. The largest absolute Gasteiger partial charge is 0.456 e. The van der Waals surface area contributed by atoms with Gasteiger partial charge >= 0.3 is 17.9 Å². The number of carbonyl (C=O) groups is 4. The predicted octanol–water partition coefficient (Wildman–Crippen LogP) is -0.305. The van der Waals surface area contributed by atoms with Crippen molar-refractivity contribution in [1.29, 1.82) is 0 Å². The number of aliphatic hydroxyl groups excluding tert-OH is 1. The quantitative estimate of drug-likeness (QED) is 0.376. The van der Waals surface area contributed by atoms with E-state index in [1.165, 1.54) is 0 Å². The second-order valence-electron chi connectivity index (χ2n) is 3.74. The van der Waals surface area contributed by atoms with Gasteiger partial charge in [-0.25, -0.2) is 0 Å². The molecule has 0 heterocycles. The van der Waals surface area contributed by atoms with Crippen LogP contribution in [0.1, 0.15) is 20.8 Å². The number of halogens is 1. The maximum absolute atomic E-state index is 11.4. The van der Waals surface area contributed by atoms with Gasteiger partial charge in [-0.05, 0) is 15.9 Å². The van der Waals surface area contributed by atoms with E-state index in [1.807, 2.05) is 0 Å². The van der Waals surface area contributed by atoms with Gasteiger partial charge in [0, 0.05) is 20.8 Å². The third-order valence-electron chi connectivity index (χ3n) is 1.98. The molecular formula is C11H15BrO8. The molecular weight excluding hydrogens is 340 g/mol. The van der Waals surface area contributed by atoms with Crippen LogP contribution in [0.3, 0.4) is 0 Å². The highest BCUT2D eigenvalue weighted by atomic mass is 79.9. The molecule has 3 atom stereocenters. The van der Waals surface area contributed by atoms with Crippen LogP contribution in [0.2, 0.25) is 0 Å². The molecule has 0 aromatic carbocycles. The van der Waals surface area contributed by atoms with Gasteiger partial charge in [0.2, 0.25) is 10.8 Å². The van der Waals surface area contributed by atoms with E-state index in [-0.39, 0.29) is 0 Å². The van der Waals surface area contributed by atoms with Crippen molar-refractivity contribution < 1.29 is 38.5 Å². The van der Waals surface area contributed by atoms with Crippen LogP contribution < -0.4 is 0 Å². The zero-order valence-electron chi connectivity index (χ0n) is 11.1. The van der Waals surface area contributed by atoms with Crippen molar-refractivity contribution in [2.45, 2.75) is 39.1 Å². The second-order valence-corrected chi connectivity index (χ2v) is 4.52. The summed E-state index contributed by atoms with van der Waals surface area (Å²) in [6.07, 6.45) is -4.35. The Morgan fingerprint density at radius 1 is 0.950 bits per heavy atom. The van der Waals surface area contributed by atoms with E-state index in [1.54, 1.807) is 0 Å². The SMILES string of the molecule is CC(=O)O[C@H]([C@H](CO)OC(C)=O)[C@H](OC(C)=O)C(=O)Br. The molecule has 0 aliphatic heterocycles. The van der Waals surface area contributed by atoms with Crippen molar-refractivity contribution in [3.8, 4) is 0 Å². The van der Waals surface area contributed by atoms with Crippen LogP contribution in [0.25, 0.3) is 0 Å². The van der Waals surface area contributed by atoms with Crippen molar-refractivity contribution >= 4 is 38.5 Å². The summed E-state index contributed by atoms with van der Waals surface area (Å²) in [6, 6.07) is 0. The highest BCUT2D eigenvalue weighted by Gasteiger charge is 2.40. The first-order chi connectivity index (χ1) is 9.18. The Hall–Kier alpha value is -1.48. The third-order valence-corrected chi connectivity index (χ3v) is 2.43. The molecule has 20 heavy (non-hydrogen) atoms. The Kier molecular flexibility index (Phi) is 8.00. The van der Waals surface area contributed by atoms with Crippen molar-refractivity contribution in [2.24, 2.45) is 0 Å². The molecule has 0 spiro atoms. The van der Waals surface area contributed by atoms with Gasteiger partial charge in [-0.1, -0.05) is 0 Å². The molecule has 0 saturated heterocycles. The summed E-state index contributed by atoms with van der Waals surface area (Å²) >= 11 is 2.59. The topological polar surface area (TPSA) is 116 Å². The molecule has 0 aromatic rings. The van der Waals surface area contributed by atoms with Gasteiger partial charge in [0.05, 0.1) is 6.61 Å². The third kappa shape index (κ3) is 6.62. The van der Waals surface area contributed by atoms with Gasteiger partial charge < -0.3 is 19.3 Å². The number of ether oxygens (including phenoxy) is 3. The average Bonchev–Trinajstić information content (AvgIpc) is 2.29. The zero-order chi connectivity index (χ0) is 15.9. The van der Waals surface area contributed by atoms with E-state index in [2.05, 4.69) is 15.9 Å². The minimum atomic E-state index is -1.55. The van der Waals surface area contributed by atoms with Gasteiger partial charge in [0.25, 0.3) is 0 Å². The lowest BCUT2D eigenvalue weighted by Crippen LogP contribution is -2.49. The molecule has 0 aromatic heterocycles. The van der Waals surface area contributed by atoms with E-state index >= 15 is 0 Å². The molecule has 0 fully saturated rings. The fraction of sp³-hybridized carbons (Fsp3) is 0.636. The molecule has 0 aliphatic rings. The first-order valence-corrected chi connectivity index (χ1v) is 6.30. The molecule has 0 unspecified atom stereocenters. The van der Waals surface area contributed by atoms with Gasteiger partial charge in [-0.2, -0.15) is 0 Å². The predicted molar refractivity (Wildman–Crippen MR) is 67.7 cm³/mol. The van der Waals surface area contributed by atoms with E-state index < -0.39 is 47.5 Å². The summed E-state index contributed by atoms with van der Waals surface area (Å²) in [5.41, 5.74) is 0. The molecule has 0 saturated carbocycles. The number of hydrogen-bond donors (Lipinski definition) is 1. The normalized spacial score (nSPS) is 14.7. The molecule has 0 amide bonds. The van der Waals surface area contributed by atoms with Crippen LogP contribution >= 0.6 is 15.9 Å². The van der Waals surface area contributed by atoms with Crippen LogP contribution in [0.15, 0.2) is 0 Å². The average molecular weight is 355 g/mol. The smallest absolute Gasteiger partial charge is 0.303 e. The fourth-order valence-corrected chi connectivity index (χ4v) is 1.72. The number of carbonyl (C=O) groups excluding carboxylic acids is 4. The fourth-order valence-electron chi connectivity index (χ4n) is 1.37. The molecule has 0 bridgehead atoms. The lowest BCUT2D eigenvalue weighted by molar-refractivity contribution is -0.186. The summed E-state index contributed by atoms with van der Waals surface area (Å²) in [4.78, 5) is 44.4. The van der Waals surface area contributed by atoms with Crippen molar-refractivity contribution in [3.63, 3.8) is 0 Å². The molecule has 0 radical (unpaired) electrons. The van der Waals surface area contributed by atoms with Crippen LogP contribution in [-0.2, 0) is 33.4 Å². The van der Waals surface area contributed by atoms with Gasteiger partial charge in [0.15, 0.2) is 12.2 Å². The maximum atomic E-state index is 11.4. The molecule has 9 heteroatoms. The van der Waals surface area contributed by atoms with E-state index in [4.69, 9.17) is 14.2 Å². The molecule has 0 aliphatic carbocycles. The van der Waals surface area contributed by atoms with Crippen LogP contribution in [0.5, 0.6) is 0 Å². The monoisotopic (exact) mass is 354 g/mol. The van der Waals surface area contributed by atoms with Crippen molar-refractivity contribution in [1.82, 2.24) is 0 Å². The number of esters is 3. The Bertz CT molecular complexity index is 394. The van der Waals surface area contributed by atoms with Gasteiger partial charge in [0.1, 0.15) is 0 Å². The van der Waals surface area contributed by atoms with Crippen molar-refractivity contribution in [2.75, 3.05) is 6.61 Å². The molecule has 114 valence electrons. The Labute approximate surface area is 123 Å². The van der Waals surface area contributed by atoms with Gasteiger partial charge in [-0.15, -0.1) is 0 Å². The first kappa shape index (κ1) is 18.5. The summed E-state index contributed by atoms with van der Waals surface area (Å²) in [7, 11) is 0. The molecule has 0 rings (SSSR count). The van der Waals surface area contributed by atoms with E-state index in [9.17, 15) is 24.3 Å².